The molecule has 0 bridgehead atoms. The average molecular weight is 341 g/mol. The summed E-state index contributed by atoms with van der Waals surface area (Å²) in [5.74, 6) is 0. The van der Waals surface area contributed by atoms with Crippen molar-refractivity contribution >= 4 is 36.4 Å². The number of nitrogens with one attached hydrogen (secondary N) is 1. The van der Waals surface area contributed by atoms with E-state index >= 15 is 0 Å². The van der Waals surface area contributed by atoms with Gasteiger partial charge in [0.1, 0.15) is 5.15 Å². The number of hydrogen-bond acceptors (Lipinski definition) is 3. The summed E-state index contributed by atoms with van der Waals surface area (Å²) in [5.41, 5.74) is 1.29. The van der Waals surface area contributed by atoms with Crippen molar-refractivity contribution in [3.05, 3.63) is 29.0 Å². The van der Waals surface area contributed by atoms with Gasteiger partial charge in [0.05, 0.1) is 0 Å². The van der Waals surface area contributed by atoms with Gasteiger partial charge in [0.15, 0.2) is 0 Å². The lowest BCUT2D eigenvalue weighted by Crippen LogP contribution is -2.48. The van der Waals surface area contributed by atoms with Crippen molar-refractivity contribution in [2.75, 3.05) is 26.2 Å². The van der Waals surface area contributed by atoms with Crippen molar-refractivity contribution in [1.82, 2.24) is 15.2 Å². The maximum atomic E-state index is 6.29. The van der Waals surface area contributed by atoms with E-state index in [-0.39, 0.29) is 30.2 Å². The Morgan fingerprint density at radius 1 is 1.25 bits per heavy atom. The highest BCUT2D eigenvalue weighted by molar-refractivity contribution is 6.30. The van der Waals surface area contributed by atoms with Crippen molar-refractivity contribution in [2.24, 2.45) is 5.41 Å². The Morgan fingerprint density at radius 2 is 1.85 bits per heavy atom. The van der Waals surface area contributed by atoms with E-state index in [1.54, 1.807) is 6.20 Å². The Morgan fingerprint density at radius 3 is 2.35 bits per heavy atom. The molecule has 1 N–H and O–H groups in total. The predicted molar refractivity (Wildman–Crippen MR) is 90.4 cm³/mol. The molecule has 20 heavy (non-hydrogen) atoms. The van der Waals surface area contributed by atoms with Crippen LogP contribution < -0.4 is 5.32 Å². The number of hydrogen-bond donors (Lipinski definition) is 1. The molecule has 3 nitrogen and oxygen atoms in total. The molecule has 1 aliphatic heterocycles. The third-order valence-corrected chi connectivity index (χ3v) is 3.74. The average Bonchev–Trinajstić information content (AvgIpc) is 2.32. The van der Waals surface area contributed by atoms with E-state index in [9.17, 15) is 0 Å². The maximum Gasteiger partial charge on any atom is 0.133 e. The Hall–Kier alpha value is -0.0600. The fourth-order valence-corrected chi connectivity index (χ4v) is 2.98. The Bertz CT molecular complexity index is 401. The van der Waals surface area contributed by atoms with E-state index in [1.165, 1.54) is 0 Å². The molecule has 116 valence electrons. The molecule has 0 aliphatic carbocycles. The van der Waals surface area contributed by atoms with Crippen LogP contribution in [0, 0.1) is 5.41 Å². The van der Waals surface area contributed by atoms with Crippen LogP contribution in [0.3, 0.4) is 0 Å². The largest absolute Gasteiger partial charge is 0.314 e. The first-order chi connectivity index (χ1) is 8.50. The smallest absolute Gasteiger partial charge is 0.133 e. The van der Waals surface area contributed by atoms with Crippen LogP contribution in [0.15, 0.2) is 18.3 Å². The first kappa shape index (κ1) is 19.9. The first-order valence-electron chi connectivity index (χ1n) is 6.55. The molecular weight excluding hydrogens is 317 g/mol. The highest BCUT2D eigenvalue weighted by atomic mass is 35.5. The molecule has 2 heterocycles. The lowest BCUT2D eigenvalue weighted by molar-refractivity contribution is 0.0860. The van der Waals surface area contributed by atoms with Crippen molar-refractivity contribution in [2.45, 2.75) is 26.8 Å². The van der Waals surface area contributed by atoms with Crippen molar-refractivity contribution in [3.63, 3.8) is 0 Å². The molecule has 1 aromatic rings. The highest BCUT2D eigenvalue weighted by Gasteiger charge is 2.33. The van der Waals surface area contributed by atoms with E-state index in [2.05, 4.69) is 42.0 Å². The molecule has 0 spiro atoms. The summed E-state index contributed by atoms with van der Waals surface area (Å²) >= 11 is 6.29. The molecule has 1 fully saturated rings. The van der Waals surface area contributed by atoms with Crippen molar-refractivity contribution in [3.8, 4) is 0 Å². The summed E-state index contributed by atoms with van der Waals surface area (Å²) in [6, 6.07) is 4.40. The molecule has 0 radical (unpaired) electrons. The Labute approximate surface area is 139 Å². The molecule has 1 aromatic heterocycles. The zero-order chi connectivity index (χ0) is 13.2. The zero-order valence-electron chi connectivity index (χ0n) is 12.2. The van der Waals surface area contributed by atoms with E-state index in [0.717, 1.165) is 31.7 Å². The maximum absolute atomic E-state index is 6.29. The molecule has 0 saturated carbocycles. The highest BCUT2D eigenvalue weighted by Crippen LogP contribution is 2.40. The number of rotatable bonds is 2. The van der Waals surface area contributed by atoms with Gasteiger partial charge in [-0.15, -0.1) is 24.8 Å². The van der Waals surface area contributed by atoms with Crippen LogP contribution in [0.25, 0.3) is 0 Å². The van der Waals surface area contributed by atoms with Gasteiger partial charge >= 0.3 is 0 Å². The third-order valence-electron chi connectivity index (χ3n) is 3.42. The summed E-state index contributed by atoms with van der Waals surface area (Å²) in [6.07, 6.45) is 1.75. The lowest BCUT2D eigenvalue weighted by Gasteiger charge is -2.42. The Balaban J connectivity index is 0.00000180. The second-order valence-electron chi connectivity index (χ2n) is 5.94. The summed E-state index contributed by atoms with van der Waals surface area (Å²) in [7, 11) is 0. The van der Waals surface area contributed by atoms with E-state index in [4.69, 9.17) is 11.6 Å². The molecule has 0 unspecified atom stereocenters. The van der Waals surface area contributed by atoms with Gasteiger partial charge in [-0.2, -0.15) is 0 Å². The molecule has 1 atom stereocenters. The normalized spacial score (nSPS) is 17.8. The van der Waals surface area contributed by atoms with Gasteiger partial charge in [-0.1, -0.05) is 38.4 Å². The number of halogens is 3. The molecule has 6 heteroatoms. The van der Waals surface area contributed by atoms with Crippen LogP contribution in [0.1, 0.15) is 32.4 Å². The lowest BCUT2D eigenvalue weighted by atomic mass is 9.81. The van der Waals surface area contributed by atoms with Crippen LogP contribution in [-0.2, 0) is 0 Å². The van der Waals surface area contributed by atoms with Gasteiger partial charge < -0.3 is 5.32 Å². The van der Waals surface area contributed by atoms with Crippen LogP contribution >= 0.6 is 36.4 Å². The predicted octanol–water partition coefficient (Wildman–Crippen LogP) is 3.57. The molecule has 2 rings (SSSR count). The van der Waals surface area contributed by atoms with Crippen LogP contribution in [0.5, 0.6) is 0 Å². The minimum absolute atomic E-state index is 0. The SMILES string of the molecule is CC(C)(C)[C@H](c1cccnc1Cl)N1CCNCC1.Cl.Cl. The van der Waals surface area contributed by atoms with Gasteiger partial charge in [-0.05, 0) is 11.5 Å². The minimum Gasteiger partial charge on any atom is -0.314 e. The molecular formula is C14H24Cl3N3. The van der Waals surface area contributed by atoms with E-state index < -0.39 is 0 Å². The standard InChI is InChI=1S/C14H22ClN3.2ClH/c1-14(2,3)12(18-9-7-16-8-10-18)11-5-4-6-17-13(11)15;;/h4-6,12,16H,7-10H2,1-3H3;2*1H/t12-;;/m0../s1. The van der Waals surface area contributed by atoms with E-state index in [0.29, 0.717) is 11.2 Å². The van der Waals surface area contributed by atoms with Gasteiger partial charge in [0.2, 0.25) is 0 Å². The van der Waals surface area contributed by atoms with E-state index in [1.807, 2.05) is 6.07 Å². The fourth-order valence-electron chi connectivity index (χ4n) is 2.75. The molecule has 0 amide bonds. The zero-order valence-corrected chi connectivity index (χ0v) is 14.6. The number of nitrogens with zero attached hydrogens (tertiary/aromatic N) is 2. The summed E-state index contributed by atoms with van der Waals surface area (Å²) in [6.45, 7) is 11.0. The monoisotopic (exact) mass is 339 g/mol. The van der Waals surface area contributed by atoms with Crippen LogP contribution in [0.4, 0.5) is 0 Å². The summed E-state index contributed by atoms with van der Waals surface area (Å²) < 4.78 is 0. The van der Waals surface area contributed by atoms with Crippen molar-refractivity contribution < 1.29 is 0 Å². The quantitative estimate of drug-likeness (QED) is 0.834. The summed E-state index contributed by atoms with van der Waals surface area (Å²) in [5, 5.41) is 4.03. The minimum atomic E-state index is 0. The van der Waals surface area contributed by atoms with Crippen molar-refractivity contribution in [1.29, 1.82) is 0 Å². The first-order valence-corrected chi connectivity index (χ1v) is 6.93. The van der Waals surface area contributed by atoms with Crippen LogP contribution in [0.2, 0.25) is 5.15 Å². The summed E-state index contributed by atoms with van der Waals surface area (Å²) in [4.78, 5) is 6.74. The van der Waals surface area contributed by atoms with Gasteiger partial charge in [-0.25, -0.2) is 4.98 Å². The number of aromatic nitrogens is 1. The molecule has 1 saturated heterocycles. The molecule has 0 aromatic carbocycles. The second-order valence-corrected chi connectivity index (χ2v) is 6.30. The van der Waals surface area contributed by atoms with Gasteiger partial charge in [0.25, 0.3) is 0 Å². The van der Waals surface area contributed by atoms with Crippen LogP contribution in [-0.4, -0.2) is 36.1 Å². The number of pyridine rings is 1. The second kappa shape index (κ2) is 8.40. The third kappa shape index (κ3) is 4.74. The fraction of sp³-hybridized carbons (Fsp3) is 0.643. The Kier molecular flexibility index (Phi) is 8.37. The number of piperazine rings is 1. The molecule has 1 aliphatic rings. The van der Waals surface area contributed by atoms with Gasteiger partial charge in [0, 0.05) is 44.0 Å². The van der Waals surface area contributed by atoms with Gasteiger partial charge in [-0.3, -0.25) is 4.90 Å². The topological polar surface area (TPSA) is 28.2 Å².